The average Bonchev–Trinajstić information content (AvgIpc) is 3.50. The lowest BCUT2D eigenvalue weighted by Gasteiger charge is -2.08. The second kappa shape index (κ2) is 9.13. The van der Waals surface area contributed by atoms with E-state index >= 15 is 0 Å². The SMILES string of the molecule is COC(=O)Cn1c(=NC(=O)c2cc(-c3cccs3)nc3ccccc23)sc2ccc(Cl)c(C)c21. The van der Waals surface area contributed by atoms with Gasteiger partial charge in [-0.2, -0.15) is 4.99 Å². The Morgan fingerprint density at radius 3 is 2.74 bits per heavy atom. The van der Waals surface area contributed by atoms with E-state index in [2.05, 4.69) is 4.99 Å². The average molecular weight is 508 g/mol. The van der Waals surface area contributed by atoms with Crippen LogP contribution in [0.5, 0.6) is 0 Å². The van der Waals surface area contributed by atoms with E-state index in [4.69, 9.17) is 21.3 Å². The Balaban J connectivity index is 1.73. The molecule has 3 aromatic heterocycles. The van der Waals surface area contributed by atoms with Crippen LogP contribution in [0.4, 0.5) is 0 Å². The van der Waals surface area contributed by atoms with Gasteiger partial charge < -0.3 is 9.30 Å². The molecular formula is C25H18ClN3O3S2. The Hall–Kier alpha value is -3.33. The number of methoxy groups -OCH3 is 1. The molecule has 0 spiro atoms. The van der Waals surface area contributed by atoms with Crippen LogP contribution < -0.4 is 4.80 Å². The summed E-state index contributed by atoms with van der Waals surface area (Å²) < 4.78 is 7.44. The van der Waals surface area contributed by atoms with Crippen molar-refractivity contribution in [2.45, 2.75) is 13.5 Å². The number of nitrogens with zero attached hydrogens (tertiary/aromatic N) is 3. The van der Waals surface area contributed by atoms with Gasteiger partial charge >= 0.3 is 5.97 Å². The van der Waals surface area contributed by atoms with E-state index in [1.807, 2.05) is 54.8 Å². The number of rotatable bonds is 4. The lowest BCUT2D eigenvalue weighted by molar-refractivity contribution is -0.141. The second-order valence-electron chi connectivity index (χ2n) is 7.53. The summed E-state index contributed by atoms with van der Waals surface area (Å²) in [4.78, 5) is 36.3. The zero-order chi connectivity index (χ0) is 23.8. The Morgan fingerprint density at radius 1 is 1.15 bits per heavy atom. The molecule has 0 aliphatic heterocycles. The molecule has 5 aromatic rings. The fourth-order valence-electron chi connectivity index (χ4n) is 3.79. The molecule has 5 rings (SSSR count). The predicted molar refractivity (Wildman–Crippen MR) is 137 cm³/mol. The first-order valence-electron chi connectivity index (χ1n) is 10.3. The number of benzene rings is 2. The van der Waals surface area contributed by atoms with E-state index in [0.717, 1.165) is 26.0 Å². The number of thiophene rings is 1. The number of carbonyl (C=O) groups excluding carboxylic acids is 2. The number of ether oxygens (including phenoxy) is 1. The molecule has 1 amide bonds. The molecule has 0 aliphatic rings. The number of aryl methyl sites for hydroxylation is 1. The molecule has 9 heteroatoms. The molecule has 0 saturated carbocycles. The number of carbonyl (C=O) groups is 2. The number of aromatic nitrogens is 2. The molecule has 6 nitrogen and oxygen atoms in total. The minimum atomic E-state index is -0.442. The van der Waals surface area contributed by atoms with Crippen molar-refractivity contribution in [3.8, 4) is 10.6 Å². The molecule has 2 aromatic carbocycles. The topological polar surface area (TPSA) is 73.6 Å². The van der Waals surface area contributed by atoms with Crippen molar-refractivity contribution < 1.29 is 14.3 Å². The second-order valence-corrected chi connectivity index (χ2v) is 9.90. The zero-order valence-corrected chi connectivity index (χ0v) is 20.6. The van der Waals surface area contributed by atoms with Crippen molar-refractivity contribution in [2.75, 3.05) is 7.11 Å². The fourth-order valence-corrected chi connectivity index (χ4v) is 5.72. The van der Waals surface area contributed by atoms with Crippen molar-refractivity contribution in [1.82, 2.24) is 9.55 Å². The maximum absolute atomic E-state index is 13.5. The van der Waals surface area contributed by atoms with Gasteiger partial charge in [-0.15, -0.1) is 11.3 Å². The van der Waals surface area contributed by atoms with E-state index in [1.54, 1.807) is 28.0 Å². The Bertz CT molecular complexity index is 1640. The van der Waals surface area contributed by atoms with Gasteiger partial charge in [0, 0.05) is 10.4 Å². The Morgan fingerprint density at radius 2 is 1.97 bits per heavy atom. The van der Waals surface area contributed by atoms with Gasteiger partial charge in [-0.05, 0) is 48.2 Å². The molecule has 170 valence electrons. The summed E-state index contributed by atoms with van der Waals surface area (Å²) in [7, 11) is 1.33. The van der Waals surface area contributed by atoms with Crippen LogP contribution in [-0.4, -0.2) is 28.5 Å². The van der Waals surface area contributed by atoms with Gasteiger partial charge in [0.25, 0.3) is 5.91 Å². The van der Waals surface area contributed by atoms with Gasteiger partial charge in [-0.3, -0.25) is 9.59 Å². The number of fused-ring (bicyclic) bond motifs is 2. The lowest BCUT2D eigenvalue weighted by Crippen LogP contribution is -2.23. The highest BCUT2D eigenvalue weighted by Crippen LogP contribution is 2.29. The summed E-state index contributed by atoms with van der Waals surface area (Å²) >= 11 is 9.23. The van der Waals surface area contributed by atoms with Crippen molar-refractivity contribution in [1.29, 1.82) is 0 Å². The van der Waals surface area contributed by atoms with E-state index in [1.165, 1.54) is 18.4 Å². The first kappa shape index (κ1) is 22.5. The molecule has 0 radical (unpaired) electrons. The van der Waals surface area contributed by atoms with Crippen LogP contribution in [0.2, 0.25) is 5.02 Å². The zero-order valence-electron chi connectivity index (χ0n) is 18.2. The largest absolute Gasteiger partial charge is 0.468 e. The van der Waals surface area contributed by atoms with E-state index in [0.29, 0.717) is 26.6 Å². The molecule has 0 atom stereocenters. The fraction of sp³-hybridized carbons (Fsp3) is 0.120. The summed E-state index contributed by atoms with van der Waals surface area (Å²) in [5, 5.41) is 3.26. The van der Waals surface area contributed by atoms with Gasteiger partial charge in [0.2, 0.25) is 0 Å². The number of pyridine rings is 1. The van der Waals surface area contributed by atoms with Crippen molar-refractivity contribution >= 4 is 67.3 Å². The van der Waals surface area contributed by atoms with Crippen LogP contribution in [0.1, 0.15) is 15.9 Å². The third-order valence-corrected chi connectivity index (χ3v) is 7.81. The van der Waals surface area contributed by atoms with E-state index in [9.17, 15) is 9.59 Å². The number of amides is 1. The predicted octanol–water partition coefficient (Wildman–Crippen LogP) is 5.86. The van der Waals surface area contributed by atoms with Crippen molar-refractivity contribution in [3.63, 3.8) is 0 Å². The molecule has 34 heavy (non-hydrogen) atoms. The van der Waals surface area contributed by atoms with Crippen molar-refractivity contribution in [2.24, 2.45) is 4.99 Å². The molecule has 0 aliphatic carbocycles. The minimum Gasteiger partial charge on any atom is -0.468 e. The Labute approximate surface area is 207 Å². The summed E-state index contributed by atoms with van der Waals surface area (Å²) in [5.41, 5.74) is 3.45. The normalized spacial score (nSPS) is 11.9. The van der Waals surface area contributed by atoms with Crippen LogP contribution in [0.15, 0.2) is 65.0 Å². The monoisotopic (exact) mass is 507 g/mol. The molecular weight excluding hydrogens is 490 g/mol. The highest BCUT2D eigenvalue weighted by molar-refractivity contribution is 7.16. The van der Waals surface area contributed by atoms with Crippen LogP contribution in [0, 0.1) is 6.92 Å². The van der Waals surface area contributed by atoms with Gasteiger partial charge in [0.15, 0.2) is 4.80 Å². The highest BCUT2D eigenvalue weighted by atomic mass is 35.5. The van der Waals surface area contributed by atoms with Gasteiger partial charge in [-0.25, -0.2) is 4.98 Å². The van der Waals surface area contributed by atoms with Crippen LogP contribution >= 0.6 is 34.3 Å². The molecule has 0 fully saturated rings. The number of esters is 1. The molecule has 0 bridgehead atoms. The number of halogens is 1. The minimum absolute atomic E-state index is 0.0820. The van der Waals surface area contributed by atoms with Crippen LogP contribution in [0.25, 0.3) is 31.7 Å². The van der Waals surface area contributed by atoms with E-state index in [-0.39, 0.29) is 6.54 Å². The lowest BCUT2D eigenvalue weighted by atomic mass is 10.1. The first-order valence-corrected chi connectivity index (χ1v) is 12.4. The third-order valence-electron chi connectivity index (χ3n) is 5.46. The molecule has 0 saturated heterocycles. The van der Waals surface area contributed by atoms with Crippen molar-refractivity contribution in [3.05, 3.63) is 80.9 Å². The number of para-hydroxylation sites is 1. The molecule has 3 heterocycles. The van der Waals surface area contributed by atoms with Gasteiger partial charge in [0.05, 0.1) is 39.0 Å². The van der Waals surface area contributed by atoms with Gasteiger partial charge in [0.1, 0.15) is 6.54 Å². The first-order chi connectivity index (χ1) is 16.5. The summed E-state index contributed by atoms with van der Waals surface area (Å²) in [5.74, 6) is -0.854. The van der Waals surface area contributed by atoms with E-state index < -0.39 is 11.9 Å². The number of thiazole rings is 1. The maximum atomic E-state index is 13.5. The number of hydrogen-bond acceptors (Lipinski definition) is 6. The van der Waals surface area contributed by atoms with Crippen LogP contribution in [0.3, 0.4) is 0 Å². The number of hydrogen-bond donors (Lipinski definition) is 0. The summed E-state index contributed by atoms with van der Waals surface area (Å²) in [6.07, 6.45) is 0. The smallest absolute Gasteiger partial charge is 0.325 e. The molecule has 0 N–H and O–H groups in total. The highest BCUT2D eigenvalue weighted by Gasteiger charge is 2.18. The maximum Gasteiger partial charge on any atom is 0.325 e. The Kier molecular flexibility index (Phi) is 6.03. The molecule has 0 unspecified atom stereocenters. The third kappa shape index (κ3) is 4.04. The summed E-state index contributed by atoms with van der Waals surface area (Å²) in [6, 6.07) is 16.9. The summed E-state index contributed by atoms with van der Waals surface area (Å²) in [6.45, 7) is 1.79. The quantitative estimate of drug-likeness (QED) is 0.286. The van der Waals surface area contributed by atoms with Gasteiger partial charge in [-0.1, -0.05) is 47.2 Å². The standard InChI is InChI=1S/C25H18ClN3O3S2/c1-14-17(26)9-10-21-23(14)29(13-22(30)32-2)25(34-21)28-24(31)16-12-19(20-8-5-11-33-20)27-18-7-4-3-6-15(16)18/h3-12H,13H2,1-2H3. The van der Waals surface area contributed by atoms with Crippen LogP contribution in [-0.2, 0) is 16.1 Å².